The van der Waals surface area contributed by atoms with Gasteiger partial charge in [-0.1, -0.05) is 50.1 Å². The van der Waals surface area contributed by atoms with Crippen LogP contribution >= 0.6 is 0 Å². The Morgan fingerprint density at radius 2 is 1.75 bits per heavy atom. The Morgan fingerprint density at radius 1 is 1.04 bits per heavy atom. The molecule has 0 radical (unpaired) electrons. The molecule has 2 aliphatic rings. The van der Waals surface area contributed by atoms with Gasteiger partial charge in [0, 0.05) is 38.3 Å². The molecule has 132 valence electrons. The lowest BCUT2D eigenvalue weighted by Crippen LogP contribution is -2.42. The number of rotatable bonds is 4. The summed E-state index contributed by atoms with van der Waals surface area (Å²) >= 11 is 0. The van der Waals surface area contributed by atoms with Crippen molar-refractivity contribution >= 4 is 5.91 Å². The zero-order valence-electron chi connectivity index (χ0n) is 14.9. The van der Waals surface area contributed by atoms with E-state index in [2.05, 4.69) is 4.90 Å². The zero-order chi connectivity index (χ0) is 16.9. The largest absolute Gasteiger partial charge is 0.341 e. The molecule has 1 amide bonds. The average molecular weight is 329 g/mol. The second-order valence-electron chi connectivity index (χ2n) is 7.38. The van der Waals surface area contributed by atoms with E-state index in [1.165, 1.54) is 25.7 Å². The first-order valence-corrected chi connectivity index (χ1v) is 9.50. The van der Waals surface area contributed by atoms with Gasteiger partial charge in [-0.05, 0) is 24.8 Å². The standard InChI is InChI=1S/C20H31N3O/c1-16(19(21)17-8-3-2-4-9-17)20(24)23-13-7-12-22(14-15-23)18-10-5-6-11-18/h2-4,8-9,16,18-19H,5-7,10-15,21H2,1H3. The van der Waals surface area contributed by atoms with Gasteiger partial charge in [0.15, 0.2) is 0 Å². The van der Waals surface area contributed by atoms with Crippen molar-refractivity contribution in [3.8, 4) is 0 Å². The Labute approximate surface area is 146 Å². The minimum atomic E-state index is -0.229. The fraction of sp³-hybridized carbons (Fsp3) is 0.650. The third-order valence-corrected chi connectivity index (χ3v) is 5.80. The van der Waals surface area contributed by atoms with Gasteiger partial charge in [-0.15, -0.1) is 0 Å². The second-order valence-corrected chi connectivity index (χ2v) is 7.38. The van der Waals surface area contributed by atoms with Gasteiger partial charge < -0.3 is 10.6 Å². The zero-order valence-corrected chi connectivity index (χ0v) is 14.9. The molecule has 4 heteroatoms. The number of carbonyl (C=O) groups excluding carboxylic acids is 1. The molecule has 4 nitrogen and oxygen atoms in total. The van der Waals surface area contributed by atoms with Gasteiger partial charge in [-0.3, -0.25) is 9.69 Å². The number of nitrogens with two attached hydrogens (primary N) is 1. The lowest BCUT2D eigenvalue weighted by Gasteiger charge is -2.29. The summed E-state index contributed by atoms with van der Waals surface area (Å²) in [5, 5.41) is 0. The molecule has 2 fully saturated rings. The van der Waals surface area contributed by atoms with Crippen LogP contribution in [0.25, 0.3) is 0 Å². The smallest absolute Gasteiger partial charge is 0.227 e. The summed E-state index contributed by atoms with van der Waals surface area (Å²) in [5.41, 5.74) is 7.40. The van der Waals surface area contributed by atoms with Crippen LogP contribution in [0.1, 0.15) is 50.6 Å². The summed E-state index contributed by atoms with van der Waals surface area (Å²) in [4.78, 5) is 17.6. The molecular weight excluding hydrogens is 298 g/mol. The molecule has 1 aliphatic heterocycles. The highest BCUT2D eigenvalue weighted by molar-refractivity contribution is 5.79. The third-order valence-electron chi connectivity index (χ3n) is 5.80. The molecule has 0 spiro atoms. The third kappa shape index (κ3) is 3.98. The van der Waals surface area contributed by atoms with E-state index < -0.39 is 0 Å². The SMILES string of the molecule is CC(C(=O)N1CCCN(C2CCCC2)CC1)C(N)c1ccccc1. The van der Waals surface area contributed by atoms with Crippen LogP contribution in [0.2, 0.25) is 0 Å². The van der Waals surface area contributed by atoms with Crippen LogP contribution in [0, 0.1) is 5.92 Å². The van der Waals surface area contributed by atoms with E-state index in [1.54, 1.807) is 0 Å². The van der Waals surface area contributed by atoms with Crippen molar-refractivity contribution in [2.24, 2.45) is 11.7 Å². The first-order chi connectivity index (χ1) is 11.7. The number of carbonyl (C=O) groups is 1. The molecule has 2 atom stereocenters. The summed E-state index contributed by atoms with van der Waals surface area (Å²) in [5.74, 6) is 0.0325. The molecule has 0 bridgehead atoms. The lowest BCUT2D eigenvalue weighted by atomic mass is 9.94. The van der Waals surface area contributed by atoms with Crippen molar-refractivity contribution in [3.05, 3.63) is 35.9 Å². The first kappa shape index (κ1) is 17.4. The van der Waals surface area contributed by atoms with Gasteiger partial charge in [0.2, 0.25) is 5.91 Å². The van der Waals surface area contributed by atoms with E-state index >= 15 is 0 Å². The maximum absolute atomic E-state index is 12.9. The number of benzene rings is 1. The molecule has 1 aromatic carbocycles. The van der Waals surface area contributed by atoms with Crippen LogP contribution in [0.3, 0.4) is 0 Å². The molecule has 2 N–H and O–H groups in total. The number of hydrogen-bond donors (Lipinski definition) is 1. The van der Waals surface area contributed by atoms with Crippen LogP contribution in [-0.4, -0.2) is 47.9 Å². The fourth-order valence-corrected chi connectivity index (χ4v) is 4.20. The van der Waals surface area contributed by atoms with E-state index in [9.17, 15) is 4.79 Å². The van der Waals surface area contributed by atoms with Crippen LogP contribution in [-0.2, 0) is 4.79 Å². The highest BCUT2D eigenvalue weighted by Gasteiger charge is 2.30. The molecule has 1 aliphatic carbocycles. The predicted molar refractivity (Wildman–Crippen MR) is 97.6 cm³/mol. The minimum absolute atomic E-state index is 0.176. The molecule has 0 aromatic heterocycles. The number of amides is 1. The highest BCUT2D eigenvalue weighted by atomic mass is 16.2. The summed E-state index contributed by atoms with van der Waals surface area (Å²) < 4.78 is 0. The quantitative estimate of drug-likeness (QED) is 0.924. The molecule has 24 heavy (non-hydrogen) atoms. The van der Waals surface area contributed by atoms with Crippen molar-refractivity contribution in [1.29, 1.82) is 0 Å². The predicted octanol–water partition coefficient (Wildman–Crippen LogP) is 2.80. The summed E-state index contributed by atoms with van der Waals surface area (Å²) in [6.45, 7) is 5.84. The van der Waals surface area contributed by atoms with Crippen molar-refractivity contribution < 1.29 is 4.79 Å². The Hall–Kier alpha value is -1.39. The van der Waals surface area contributed by atoms with Crippen LogP contribution in [0.15, 0.2) is 30.3 Å². The van der Waals surface area contributed by atoms with Crippen molar-refractivity contribution in [3.63, 3.8) is 0 Å². The van der Waals surface area contributed by atoms with E-state index in [0.717, 1.165) is 44.2 Å². The molecule has 3 rings (SSSR count). The van der Waals surface area contributed by atoms with Crippen molar-refractivity contribution in [2.75, 3.05) is 26.2 Å². The number of hydrogen-bond acceptors (Lipinski definition) is 3. The van der Waals surface area contributed by atoms with Gasteiger partial charge in [0.25, 0.3) is 0 Å². The van der Waals surface area contributed by atoms with Gasteiger partial charge >= 0.3 is 0 Å². The Morgan fingerprint density at radius 3 is 2.46 bits per heavy atom. The molecular formula is C20H31N3O. The van der Waals surface area contributed by atoms with E-state index in [0.29, 0.717) is 0 Å². The summed E-state index contributed by atoms with van der Waals surface area (Å²) in [6.07, 6.45) is 6.49. The molecule has 1 heterocycles. The molecule has 1 aromatic rings. The van der Waals surface area contributed by atoms with Gasteiger partial charge in [-0.25, -0.2) is 0 Å². The van der Waals surface area contributed by atoms with E-state index in [-0.39, 0.29) is 17.9 Å². The average Bonchev–Trinajstić information content (AvgIpc) is 3.05. The summed E-state index contributed by atoms with van der Waals surface area (Å²) in [7, 11) is 0. The molecule has 1 saturated heterocycles. The van der Waals surface area contributed by atoms with Gasteiger partial charge in [0.1, 0.15) is 0 Å². The maximum atomic E-state index is 12.9. The molecule has 2 unspecified atom stereocenters. The Balaban J connectivity index is 1.58. The van der Waals surface area contributed by atoms with E-state index in [1.807, 2.05) is 42.2 Å². The molecule has 1 saturated carbocycles. The van der Waals surface area contributed by atoms with Crippen LogP contribution < -0.4 is 5.73 Å². The first-order valence-electron chi connectivity index (χ1n) is 9.50. The van der Waals surface area contributed by atoms with Gasteiger partial charge in [-0.2, -0.15) is 0 Å². The monoisotopic (exact) mass is 329 g/mol. The normalized spacial score (nSPS) is 23.0. The van der Waals surface area contributed by atoms with Crippen LogP contribution in [0.4, 0.5) is 0 Å². The van der Waals surface area contributed by atoms with Gasteiger partial charge in [0.05, 0.1) is 5.92 Å². The van der Waals surface area contributed by atoms with Crippen LogP contribution in [0.5, 0.6) is 0 Å². The minimum Gasteiger partial charge on any atom is -0.341 e. The topological polar surface area (TPSA) is 49.6 Å². The lowest BCUT2D eigenvalue weighted by molar-refractivity contribution is -0.135. The maximum Gasteiger partial charge on any atom is 0.227 e. The second kappa shape index (κ2) is 8.13. The highest BCUT2D eigenvalue weighted by Crippen LogP contribution is 2.25. The number of nitrogens with zero attached hydrogens (tertiary/aromatic N) is 2. The van der Waals surface area contributed by atoms with E-state index in [4.69, 9.17) is 5.73 Å². The Bertz CT molecular complexity index is 527. The fourth-order valence-electron chi connectivity index (χ4n) is 4.20. The van der Waals surface area contributed by atoms with Crippen molar-refractivity contribution in [1.82, 2.24) is 9.80 Å². The summed E-state index contributed by atoms with van der Waals surface area (Å²) in [6, 6.07) is 10.5. The van der Waals surface area contributed by atoms with Crippen molar-refractivity contribution in [2.45, 2.75) is 51.1 Å². The Kier molecular flexibility index (Phi) is 5.90.